The molecule has 23 heavy (non-hydrogen) atoms. The third-order valence-corrected chi connectivity index (χ3v) is 3.89. The third kappa shape index (κ3) is 3.63. The molecule has 0 fully saturated rings. The predicted molar refractivity (Wildman–Crippen MR) is 94.0 cm³/mol. The van der Waals surface area contributed by atoms with E-state index in [1.807, 2.05) is 30.3 Å². The van der Waals surface area contributed by atoms with Gasteiger partial charge in [-0.15, -0.1) is 0 Å². The lowest BCUT2D eigenvalue weighted by atomic mass is 10.1. The van der Waals surface area contributed by atoms with Gasteiger partial charge >= 0.3 is 0 Å². The molecule has 0 bridgehead atoms. The molecule has 3 rings (SSSR count). The number of ether oxygens (including phenoxy) is 2. The fourth-order valence-electron chi connectivity index (χ4n) is 2.69. The topological polar surface area (TPSA) is 44.5 Å². The number of rotatable bonds is 6. The Bertz CT molecular complexity index is 799. The molecule has 3 heteroatoms. The second-order valence-electron chi connectivity index (χ2n) is 5.48. The van der Waals surface area contributed by atoms with Crippen molar-refractivity contribution in [2.45, 2.75) is 13.0 Å². The van der Waals surface area contributed by atoms with E-state index in [2.05, 4.69) is 30.3 Å². The van der Waals surface area contributed by atoms with Crippen LogP contribution >= 0.6 is 0 Å². The van der Waals surface area contributed by atoms with Crippen molar-refractivity contribution in [1.29, 1.82) is 0 Å². The first-order valence-electron chi connectivity index (χ1n) is 7.77. The Kier molecular flexibility index (Phi) is 4.79. The summed E-state index contributed by atoms with van der Waals surface area (Å²) >= 11 is 0. The highest BCUT2D eigenvalue weighted by atomic mass is 16.5. The molecule has 0 aliphatic carbocycles. The first-order valence-corrected chi connectivity index (χ1v) is 7.77. The zero-order chi connectivity index (χ0) is 16.1. The molecule has 0 atom stereocenters. The molecule has 0 radical (unpaired) electrons. The van der Waals surface area contributed by atoms with Gasteiger partial charge in [-0.2, -0.15) is 0 Å². The normalized spacial score (nSPS) is 10.7. The van der Waals surface area contributed by atoms with Crippen LogP contribution in [-0.2, 0) is 13.0 Å². The van der Waals surface area contributed by atoms with Crippen LogP contribution in [0.4, 0.5) is 0 Å². The van der Waals surface area contributed by atoms with Crippen molar-refractivity contribution < 1.29 is 9.47 Å². The average molecular weight is 307 g/mol. The largest absolute Gasteiger partial charge is 0.496 e. The number of benzene rings is 3. The number of hydrogen-bond donors (Lipinski definition) is 1. The highest BCUT2D eigenvalue weighted by Crippen LogP contribution is 2.24. The van der Waals surface area contributed by atoms with Crippen molar-refractivity contribution in [3.05, 3.63) is 71.8 Å². The second-order valence-corrected chi connectivity index (χ2v) is 5.48. The molecule has 0 aromatic heterocycles. The van der Waals surface area contributed by atoms with E-state index in [1.54, 1.807) is 7.11 Å². The van der Waals surface area contributed by atoms with Gasteiger partial charge in [0.2, 0.25) is 0 Å². The number of methoxy groups -OCH3 is 1. The minimum Gasteiger partial charge on any atom is -0.496 e. The summed E-state index contributed by atoms with van der Waals surface area (Å²) in [5.74, 6) is 1.70. The van der Waals surface area contributed by atoms with Crippen molar-refractivity contribution in [1.82, 2.24) is 0 Å². The SMILES string of the molecule is COc1ccc(CCN)cc1COc1ccc2ccccc2c1. The van der Waals surface area contributed by atoms with E-state index in [0.717, 1.165) is 23.5 Å². The fourth-order valence-corrected chi connectivity index (χ4v) is 2.69. The Labute approximate surface area is 136 Å². The molecule has 0 amide bonds. The first kappa shape index (κ1) is 15.4. The van der Waals surface area contributed by atoms with Crippen molar-refractivity contribution in [2.75, 3.05) is 13.7 Å². The fraction of sp³-hybridized carbons (Fsp3) is 0.200. The summed E-state index contributed by atoms with van der Waals surface area (Å²) in [6.45, 7) is 1.11. The molecule has 3 aromatic rings. The van der Waals surface area contributed by atoms with Gasteiger partial charge in [0.1, 0.15) is 18.1 Å². The third-order valence-electron chi connectivity index (χ3n) is 3.89. The van der Waals surface area contributed by atoms with Crippen LogP contribution in [0.25, 0.3) is 10.8 Å². The maximum absolute atomic E-state index is 5.96. The maximum atomic E-state index is 5.96. The number of hydrogen-bond acceptors (Lipinski definition) is 3. The molecule has 3 nitrogen and oxygen atoms in total. The van der Waals surface area contributed by atoms with Crippen molar-refractivity contribution >= 4 is 10.8 Å². The summed E-state index contributed by atoms with van der Waals surface area (Å²) < 4.78 is 11.4. The molecule has 0 heterocycles. The lowest BCUT2D eigenvalue weighted by molar-refractivity contribution is 0.297. The van der Waals surface area contributed by atoms with Crippen LogP contribution in [0.3, 0.4) is 0 Å². The molecule has 0 spiro atoms. The van der Waals surface area contributed by atoms with Gasteiger partial charge in [-0.3, -0.25) is 0 Å². The minimum absolute atomic E-state index is 0.472. The molecule has 0 saturated carbocycles. The molecular formula is C20H21NO2. The van der Waals surface area contributed by atoms with Crippen molar-refractivity contribution in [2.24, 2.45) is 5.73 Å². The van der Waals surface area contributed by atoms with Gasteiger partial charge in [0, 0.05) is 5.56 Å². The van der Waals surface area contributed by atoms with E-state index in [1.165, 1.54) is 16.3 Å². The van der Waals surface area contributed by atoms with Gasteiger partial charge in [-0.1, -0.05) is 36.4 Å². The molecule has 118 valence electrons. The van der Waals surface area contributed by atoms with Crippen LogP contribution in [0.5, 0.6) is 11.5 Å². The second kappa shape index (κ2) is 7.16. The van der Waals surface area contributed by atoms with Gasteiger partial charge in [-0.25, -0.2) is 0 Å². The van der Waals surface area contributed by atoms with E-state index in [4.69, 9.17) is 15.2 Å². The van der Waals surface area contributed by atoms with E-state index in [9.17, 15) is 0 Å². The van der Waals surface area contributed by atoms with E-state index in [0.29, 0.717) is 13.2 Å². The highest BCUT2D eigenvalue weighted by molar-refractivity contribution is 5.83. The first-order chi connectivity index (χ1) is 11.3. The van der Waals surface area contributed by atoms with Crippen molar-refractivity contribution in [3.8, 4) is 11.5 Å². The summed E-state index contributed by atoms with van der Waals surface area (Å²) in [5, 5.41) is 2.39. The Morgan fingerprint density at radius 3 is 2.52 bits per heavy atom. The quantitative estimate of drug-likeness (QED) is 0.750. The Morgan fingerprint density at radius 1 is 0.913 bits per heavy atom. The Morgan fingerprint density at radius 2 is 1.74 bits per heavy atom. The van der Waals surface area contributed by atoms with Crippen LogP contribution in [0.15, 0.2) is 60.7 Å². The minimum atomic E-state index is 0.472. The molecule has 2 N–H and O–H groups in total. The molecule has 3 aromatic carbocycles. The Balaban J connectivity index is 1.79. The van der Waals surface area contributed by atoms with Crippen LogP contribution in [0.1, 0.15) is 11.1 Å². The van der Waals surface area contributed by atoms with Crippen LogP contribution < -0.4 is 15.2 Å². The number of nitrogens with two attached hydrogens (primary N) is 1. The van der Waals surface area contributed by atoms with Gasteiger partial charge in [-0.05, 0) is 53.6 Å². The van der Waals surface area contributed by atoms with E-state index in [-0.39, 0.29) is 0 Å². The summed E-state index contributed by atoms with van der Waals surface area (Å²) in [6.07, 6.45) is 0.854. The average Bonchev–Trinajstić information content (AvgIpc) is 2.60. The molecular weight excluding hydrogens is 286 g/mol. The lowest BCUT2D eigenvalue weighted by Crippen LogP contribution is -2.05. The molecule has 0 aliphatic rings. The van der Waals surface area contributed by atoms with Gasteiger partial charge in [0.05, 0.1) is 7.11 Å². The zero-order valence-corrected chi connectivity index (χ0v) is 13.3. The zero-order valence-electron chi connectivity index (χ0n) is 13.3. The van der Waals surface area contributed by atoms with Crippen molar-refractivity contribution in [3.63, 3.8) is 0 Å². The Hall–Kier alpha value is -2.52. The van der Waals surface area contributed by atoms with Crippen LogP contribution in [-0.4, -0.2) is 13.7 Å². The summed E-state index contributed by atoms with van der Waals surface area (Å²) in [6, 6.07) is 20.5. The number of fused-ring (bicyclic) bond motifs is 1. The van der Waals surface area contributed by atoms with E-state index < -0.39 is 0 Å². The molecule has 0 unspecified atom stereocenters. The highest BCUT2D eigenvalue weighted by Gasteiger charge is 2.06. The molecule has 0 saturated heterocycles. The van der Waals surface area contributed by atoms with E-state index >= 15 is 0 Å². The van der Waals surface area contributed by atoms with Crippen LogP contribution in [0.2, 0.25) is 0 Å². The lowest BCUT2D eigenvalue weighted by Gasteiger charge is -2.12. The molecule has 0 aliphatic heterocycles. The predicted octanol–water partition coefficient (Wildman–Crippen LogP) is 3.93. The maximum Gasteiger partial charge on any atom is 0.125 e. The standard InChI is InChI=1S/C20H21NO2/c1-22-20-9-6-15(10-11-21)12-18(20)14-23-19-8-7-16-4-2-3-5-17(16)13-19/h2-9,12-13H,10-11,14,21H2,1H3. The monoisotopic (exact) mass is 307 g/mol. The van der Waals surface area contributed by atoms with Gasteiger partial charge < -0.3 is 15.2 Å². The van der Waals surface area contributed by atoms with Gasteiger partial charge in [0.25, 0.3) is 0 Å². The van der Waals surface area contributed by atoms with Gasteiger partial charge in [0.15, 0.2) is 0 Å². The summed E-state index contributed by atoms with van der Waals surface area (Å²) in [4.78, 5) is 0. The smallest absolute Gasteiger partial charge is 0.125 e. The van der Waals surface area contributed by atoms with Crippen LogP contribution in [0, 0.1) is 0 Å². The summed E-state index contributed by atoms with van der Waals surface area (Å²) in [5.41, 5.74) is 7.87. The summed E-state index contributed by atoms with van der Waals surface area (Å²) in [7, 11) is 1.68.